The zero-order chi connectivity index (χ0) is 14.6. The molecule has 0 atom stereocenters. The highest BCUT2D eigenvalue weighted by Gasteiger charge is 2.45. The summed E-state index contributed by atoms with van der Waals surface area (Å²) in [5.74, 6) is -0.762. The number of anilines is 1. The molecule has 4 heteroatoms. The topological polar surface area (TPSA) is 40.5 Å². The van der Waals surface area contributed by atoms with Gasteiger partial charge in [0, 0.05) is 17.6 Å². The van der Waals surface area contributed by atoms with E-state index in [1.54, 1.807) is 0 Å². The first-order valence-electron chi connectivity index (χ1n) is 7.92. The molecule has 1 saturated carbocycles. The number of rotatable bonds is 2. The van der Waals surface area contributed by atoms with Gasteiger partial charge in [-0.15, -0.1) is 0 Å². The number of piperidine rings is 1. The van der Waals surface area contributed by atoms with Gasteiger partial charge in [-0.2, -0.15) is 0 Å². The number of benzene rings is 1. The van der Waals surface area contributed by atoms with Crippen molar-refractivity contribution in [3.05, 3.63) is 27.2 Å². The van der Waals surface area contributed by atoms with Crippen molar-refractivity contribution in [2.45, 2.75) is 44.9 Å². The van der Waals surface area contributed by atoms with Gasteiger partial charge in [0.25, 0.3) is 0 Å². The van der Waals surface area contributed by atoms with Crippen molar-refractivity contribution in [1.82, 2.24) is 0 Å². The van der Waals surface area contributed by atoms with Crippen molar-refractivity contribution in [3.63, 3.8) is 0 Å². The summed E-state index contributed by atoms with van der Waals surface area (Å²) in [7, 11) is 0. The zero-order valence-electron chi connectivity index (χ0n) is 12.1. The number of carbonyl (C=O) groups is 1. The Morgan fingerprint density at radius 3 is 2.43 bits per heavy atom. The van der Waals surface area contributed by atoms with Crippen molar-refractivity contribution in [3.8, 4) is 0 Å². The van der Waals surface area contributed by atoms with Gasteiger partial charge < -0.3 is 10.0 Å². The standard InChI is InChI=1S/C17H20BrNO2/c18-13-10-14(19-8-6-17(4-5-17)7-9-19)15(16(20)21)12-3-1-2-11(12)13/h10H,1-9H2,(H,20,21). The van der Waals surface area contributed by atoms with E-state index in [0.717, 1.165) is 48.1 Å². The van der Waals surface area contributed by atoms with E-state index in [1.165, 1.54) is 31.2 Å². The Bertz CT molecular complexity index is 612. The Hall–Kier alpha value is -1.03. The minimum atomic E-state index is -0.762. The van der Waals surface area contributed by atoms with Crippen LogP contribution in [0.4, 0.5) is 5.69 Å². The summed E-state index contributed by atoms with van der Waals surface area (Å²) in [5, 5.41) is 9.72. The van der Waals surface area contributed by atoms with E-state index >= 15 is 0 Å². The van der Waals surface area contributed by atoms with Gasteiger partial charge in [-0.1, -0.05) is 15.9 Å². The number of carboxylic acid groups (broad SMARTS) is 1. The lowest BCUT2D eigenvalue weighted by Gasteiger charge is -2.35. The van der Waals surface area contributed by atoms with Crippen LogP contribution in [0.25, 0.3) is 0 Å². The van der Waals surface area contributed by atoms with Crippen molar-refractivity contribution in [2.75, 3.05) is 18.0 Å². The number of nitrogens with zero attached hydrogens (tertiary/aromatic N) is 1. The lowest BCUT2D eigenvalue weighted by Crippen LogP contribution is -2.35. The maximum Gasteiger partial charge on any atom is 0.338 e. The Labute approximate surface area is 133 Å². The van der Waals surface area contributed by atoms with Crippen LogP contribution in [0.1, 0.15) is 53.6 Å². The van der Waals surface area contributed by atoms with E-state index in [0.29, 0.717) is 11.0 Å². The van der Waals surface area contributed by atoms with Crippen molar-refractivity contribution in [1.29, 1.82) is 0 Å². The molecule has 1 aromatic carbocycles. The molecular formula is C17H20BrNO2. The maximum absolute atomic E-state index is 11.8. The van der Waals surface area contributed by atoms with Crippen LogP contribution in [-0.2, 0) is 12.8 Å². The van der Waals surface area contributed by atoms with Crippen molar-refractivity contribution in [2.24, 2.45) is 5.41 Å². The van der Waals surface area contributed by atoms with E-state index in [2.05, 4.69) is 26.9 Å². The molecule has 3 aliphatic rings. The highest BCUT2D eigenvalue weighted by atomic mass is 79.9. The first-order valence-corrected chi connectivity index (χ1v) is 8.71. The smallest absolute Gasteiger partial charge is 0.338 e. The fraction of sp³-hybridized carbons (Fsp3) is 0.588. The van der Waals surface area contributed by atoms with E-state index in [4.69, 9.17) is 0 Å². The number of aromatic carboxylic acids is 1. The summed E-state index contributed by atoms with van der Waals surface area (Å²) in [4.78, 5) is 14.1. The highest BCUT2D eigenvalue weighted by molar-refractivity contribution is 9.10. The molecule has 0 unspecified atom stereocenters. The van der Waals surface area contributed by atoms with Crippen LogP contribution in [0.15, 0.2) is 10.5 Å². The van der Waals surface area contributed by atoms with Crippen LogP contribution in [0.2, 0.25) is 0 Å². The highest BCUT2D eigenvalue weighted by Crippen LogP contribution is 2.54. The van der Waals surface area contributed by atoms with Gasteiger partial charge in [-0.25, -0.2) is 4.79 Å². The molecule has 21 heavy (non-hydrogen) atoms. The normalized spacial score (nSPS) is 22.4. The summed E-state index contributed by atoms with van der Waals surface area (Å²) in [6.45, 7) is 2.01. The van der Waals surface area contributed by atoms with Gasteiger partial charge >= 0.3 is 5.97 Å². The van der Waals surface area contributed by atoms with Crippen molar-refractivity contribution < 1.29 is 9.90 Å². The number of hydrogen-bond acceptors (Lipinski definition) is 2. The summed E-state index contributed by atoms with van der Waals surface area (Å²) < 4.78 is 1.10. The molecule has 1 N–H and O–H groups in total. The fourth-order valence-electron chi connectivity index (χ4n) is 4.10. The van der Waals surface area contributed by atoms with Gasteiger partial charge in [-0.05, 0) is 67.6 Å². The quantitative estimate of drug-likeness (QED) is 0.876. The lowest BCUT2D eigenvalue weighted by molar-refractivity contribution is 0.0696. The fourth-order valence-corrected chi connectivity index (χ4v) is 4.76. The summed E-state index contributed by atoms with van der Waals surface area (Å²) in [6, 6.07) is 2.05. The maximum atomic E-state index is 11.8. The molecule has 2 fully saturated rings. The zero-order valence-corrected chi connectivity index (χ0v) is 13.7. The number of carboxylic acids is 1. The Morgan fingerprint density at radius 2 is 1.81 bits per heavy atom. The van der Waals surface area contributed by atoms with E-state index in [-0.39, 0.29) is 0 Å². The number of fused-ring (bicyclic) bond motifs is 1. The van der Waals surface area contributed by atoms with Crippen LogP contribution in [-0.4, -0.2) is 24.2 Å². The van der Waals surface area contributed by atoms with Crippen molar-refractivity contribution >= 4 is 27.6 Å². The molecule has 0 bridgehead atoms. The Kier molecular flexibility index (Phi) is 3.07. The van der Waals surface area contributed by atoms with Crippen LogP contribution in [0.5, 0.6) is 0 Å². The average molecular weight is 350 g/mol. The second-order valence-corrected chi connectivity index (χ2v) is 7.71. The van der Waals surface area contributed by atoms with Gasteiger partial charge in [0.15, 0.2) is 0 Å². The van der Waals surface area contributed by atoms with E-state index < -0.39 is 5.97 Å². The second kappa shape index (κ2) is 4.73. The SMILES string of the molecule is O=C(O)c1c(N2CCC3(CC2)CC3)cc(Br)c2c1CCC2. The monoisotopic (exact) mass is 349 g/mol. The van der Waals surface area contributed by atoms with Crippen LogP contribution >= 0.6 is 15.9 Å². The summed E-state index contributed by atoms with van der Waals surface area (Å²) >= 11 is 3.66. The largest absolute Gasteiger partial charge is 0.478 e. The average Bonchev–Trinajstić information content (AvgIpc) is 3.02. The third kappa shape index (κ3) is 2.19. The molecule has 1 heterocycles. The molecule has 112 valence electrons. The third-order valence-electron chi connectivity index (χ3n) is 5.66. The van der Waals surface area contributed by atoms with Gasteiger partial charge in [0.2, 0.25) is 0 Å². The molecule has 4 rings (SSSR count). The molecule has 1 spiro atoms. The molecule has 0 amide bonds. The Morgan fingerprint density at radius 1 is 1.14 bits per heavy atom. The molecular weight excluding hydrogens is 330 g/mol. The van der Waals surface area contributed by atoms with Crippen LogP contribution < -0.4 is 4.90 Å². The molecule has 1 aromatic rings. The minimum Gasteiger partial charge on any atom is -0.478 e. The first kappa shape index (κ1) is 13.6. The van der Waals surface area contributed by atoms with Gasteiger partial charge in [-0.3, -0.25) is 0 Å². The lowest BCUT2D eigenvalue weighted by atomic mass is 9.92. The molecule has 3 nitrogen and oxygen atoms in total. The second-order valence-electron chi connectivity index (χ2n) is 6.86. The molecule has 1 aliphatic heterocycles. The molecule has 0 aromatic heterocycles. The Balaban J connectivity index is 1.74. The van der Waals surface area contributed by atoms with E-state index in [1.807, 2.05) is 0 Å². The molecule has 2 aliphatic carbocycles. The predicted octanol–water partition coefficient (Wildman–Crippen LogP) is 4.02. The van der Waals surface area contributed by atoms with Crippen LogP contribution in [0, 0.1) is 5.41 Å². The molecule has 1 saturated heterocycles. The molecule has 0 radical (unpaired) electrons. The van der Waals surface area contributed by atoms with Gasteiger partial charge in [0.1, 0.15) is 0 Å². The predicted molar refractivity (Wildman–Crippen MR) is 86.2 cm³/mol. The number of hydrogen-bond donors (Lipinski definition) is 1. The first-order chi connectivity index (χ1) is 10.1. The summed E-state index contributed by atoms with van der Waals surface area (Å²) in [6.07, 6.45) is 8.17. The summed E-state index contributed by atoms with van der Waals surface area (Å²) in [5.41, 5.74) is 4.40. The third-order valence-corrected chi connectivity index (χ3v) is 6.37. The number of halogens is 1. The van der Waals surface area contributed by atoms with Gasteiger partial charge in [0.05, 0.1) is 11.3 Å². The minimum absolute atomic E-state index is 0.567. The van der Waals surface area contributed by atoms with E-state index in [9.17, 15) is 9.90 Å². The van der Waals surface area contributed by atoms with Crippen LogP contribution in [0.3, 0.4) is 0 Å².